The Morgan fingerprint density at radius 3 is 2.35 bits per heavy atom. The third-order valence-electron chi connectivity index (χ3n) is 4.18. The first-order valence-corrected chi connectivity index (χ1v) is 7.61. The van der Waals surface area contributed by atoms with Crippen LogP contribution in [0, 0.1) is 0 Å². The predicted molar refractivity (Wildman–Crippen MR) is 78.9 cm³/mol. The SMILES string of the molecule is CCc1ccc(OCC(=O)OC2(CC)CCCC2)cc1. The summed E-state index contributed by atoms with van der Waals surface area (Å²) in [5.74, 6) is 0.462. The zero-order valence-electron chi connectivity index (χ0n) is 12.5. The van der Waals surface area contributed by atoms with E-state index in [4.69, 9.17) is 9.47 Å². The Morgan fingerprint density at radius 1 is 1.15 bits per heavy atom. The summed E-state index contributed by atoms with van der Waals surface area (Å²) in [6, 6.07) is 7.84. The molecule has 1 aromatic rings. The molecule has 0 saturated heterocycles. The van der Waals surface area contributed by atoms with Crippen LogP contribution in [0.5, 0.6) is 5.75 Å². The average Bonchev–Trinajstić information content (AvgIpc) is 2.95. The molecule has 3 nitrogen and oxygen atoms in total. The summed E-state index contributed by atoms with van der Waals surface area (Å²) in [5.41, 5.74) is 1.03. The van der Waals surface area contributed by atoms with Crippen LogP contribution in [0.4, 0.5) is 0 Å². The molecule has 20 heavy (non-hydrogen) atoms. The molecule has 1 fully saturated rings. The van der Waals surface area contributed by atoms with Gasteiger partial charge in [-0.2, -0.15) is 0 Å². The van der Waals surface area contributed by atoms with E-state index in [1.165, 1.54) is 5.56 Å². The highest BCUT2D eigenvalue weighted by Gasteiger charge is 2.35. The van der Waals surface area contributed by atoms with Crippen molar-refractivity contribution >= 4 is 5.97 Å². The molecule has 0 amide bonds. The van der Waals surface area contributed by atoms with Crippen molar-refractivity contribution in [3.63, 3.8) is 0 Å². The number of hydrogen-bond donors (Lipinski definition) is 0. The minimum atomic E-state index is -0.256. The van der Waals surface area contributed by atoms with Crippen molar-refractivity contribution in [2.75, 3.05) is 6.61 Å². The van der Waals surface area contributed by atoms with Crippen molar-refractivity contribution in [1.29, 1.82) is 0 Å². The lowest BCUT2D eigenvalue weighted by Gasteiger charge is -2.27. The molecule has 0 atom stereocenters. The van der Waals surface area contributed by atoms with Gasteiger partial charge in [0.25, 0.3) is 0 Å². The van der Waals surface area contributed by atoms with Crippen LogP contribution in [0.3, 0.4) is 0 Å². The Hall–Kier alpha value is -1.51. The molecule has 0 unspecified atom stereocenters. The van der Waals surface area contributed by atoms with Gasteiger partial charge in [0.15, 0.2) is 6.61 Å². The molecule has 0 aliphatic heterocycles. The van der Waals surface area contributed by atoms with E-state index in [0.717, 1.165) is 44.3 Å². The first-order valence-electron chi connectivity index (χ1n) is 7.61. The maximum Gasteiger partial charge on any atom is 0.344 e. The van der Waals surface area contributed by atoms with E-state index < -0.39 is 0 Å². The second kappa shape index (κ2) is 6.78. The maximum absolute atomic E-state index is 11.9. The molecule has 0 aromatic heterocycles. The molecule has 1 aliphatic carbocycles. The standard InChI is InChI=1S/C17H24O3/c1-3-14-7-9-15(10-8-14)19-13-16(18)20-17(4-2)11-5-6-12-17/h7-10H,3-6,11-13H2,1-2H3. The van der Waals surface area contributed by atoms with E-state index in [0.29, 0.717) is 0 Å². The fourth-order valence-electron chi connectivity index (χ4n) is 2.78. The van der Waals surface area contributed by atoms with Gasteiger partial charge >= 0.3 is 5.97 Å². The smallest absolute Gasteiger partial charge is 0.344 e. The van der Waals surface area contributed by atoms with Crippen LogP contribution in [-0.2, 0) is 16.0 Å². The van der Waals surface area contributed by atoms with E-state index in [-0.39, 0.29) is 18.2 Å². The number of rotatable bonds is 6. The van der Waals surface area contributed by atoms with Crippen molar-refractivity contribution < 1.29 is 14.3 Å². The van der Waals surface area contributed by atoms with Gasteiger partial charge in [0.2, 0.25) is 0 Å². The van der Waals surface area contributed by atoms with Gasteiger partial charge in [-0.15, -0.1) is 0 Å². The molecule has 3 heteroatoms. The van der Waals surface area contributed by atoms with Gasteiger partial charge in [-0.25, -0.2) is 4.79 Å². The van der Waals surface area contributed by atoms with E-state index in [9.17, 15) is 4.79 Å². The molecule has 1 aliphatic rings. The van der Waals surface area contributed by atoms with Crippen LogP contribution in [0.2, 0.25) is 0 Å². The molecule has 0 spiro atoms. The van der Waals surface area contributed by atoms with Gasteiger partial charge in [0.1, 0.15) is 11.4 Å². The van der Waals surface area contributed by atoms with Crippen molar-refractivity contribution in [1.82, 2.24) is 0 Å². The highest BCUT2D eigenvalue weighted by molar-refractivity contribution is 5.71. The quantitative estimate of drug-likeness (QED) is 0.739. The molecule has 110 valence electrons. The van der Waals surface area contributed by atoms with Gasteiger partial charge in [-0.3, -0.25) is 0 Å². The molecule has 1 saturated carbocycles. The first-order chi connectivity index (χ1) is 9.67. The summed E-state index contributed by atoms with van der Waals surface area (Å²) in [7, 11) is 0. The first kappa shape index (κ1) is 14.9. The van der Waals surface area contributed by atoms with Crippen LogP contribution in [0.25, 0.3) is 0 Å². The fraction of sp³-hybridized carbons (Fsp3) is 0.588. The summed E-state index contributed by atoms with van der Waals surface area (Å²) in [5, 5.41) is 0. The lowest BCUT2D eigenvalue weighted by Crippen LogP contribution is -2.33. The zero-order chi connectivity index (χ0) is 14.4. The number of carbonyl (C=O) groups is 1. The average molecular weight is 276 g/mol. The predicted octanol–water partition coefficient (Wildman–Crippen LogP) is 3.89. The third-order valence-corrected chi connectivity index (χ3v) is 4.18. The topological polar surface area (TPSA) is 35.5 Å². The summed E-state index contributed by atoms with van der Waals surface area (Å²) in [6.07, 6.45) is 6.17. The maximum atomic E-state index is 11.9. The second-order valence-corrected chi connectivity index (χ2v) is 5.50. The van der Waals surface area contributed by atoms with Crippen LogP contribution in [-0.4, -0.2) is 18.2 Å². The lowest BCUT2D eigenvalue weighted by atomic mass is 9.99. The molecular formula is C17H24O3. The number of esters is 1. The van der Waals surface area contributed by atoms with Crippen molar-refractivity contribution in [3.8, 4) is 5.75 Å². The Morgan fingerprint density at radius 2 is 1.80 bits per heavy atom. The Kier molecular flexibility index (Phi) is 5.05. The molecule has 0 radical (unpaired) electrons. The molecule has 2 rings (SSSR count). The number of ether oxygens (including phenoxy) is 2. The fourth-order valence-corrected chi connectivity index (χ4v) is 2.78. The summed E-state index contributed by atoms with van der Waals surface area (Å²) >= 11 is 0. The van der Waals surface area contributed by atoms with Gasteiger partial charge in [-0.05, 0) is 56.2 Å². The Labute approximate surface area is 121 Å². The van der Waals surface area contributed by atoms with Crippen molar-refractivity contribution in [2.45, 2.75) is 58.0 Å². The van der Waals surface area contributed by atoms with E-state index >= 15 is 0 Å². The molecular weight excluding hydrogens is 252 g/mol. The van der Waals surface area contributed by atoms with Crippen LogP contribution >= 0.6 is 0 Å². The number of benzene rings is 1. The second-order valence-electron chi connectivity index (χ2n) is 5.50. The summed E-state index contributed by atoms with van der Waals surface area (Å²) in [4.78, 5) is 11.9. The minimum absolute atomic E-state index is 0.00672. The van der Waals surface area contributed by atoms with E-state index in [1.54, 1.807) is 0 Å². The Bertz CT molecular complexity index is 430. The van der Waals surface area contributed by atoms with E-state index in [2.05, 4.69) is 13.8 Å². The normalized spacial score (nSPS) is 16.9. The lowest BCUT2D eigenvalue weighted by molar-refractivity contribution is -0.162. The molecule has 0 heterocycles. The highest BCUT2D eigenvalue weighted by Crippen LogP contribution is 2.35. The van der Waals surface area contributed by atoms with Crippen molar-refractivity contribution in [2.24, 2.45) is 0 Å². The number of carbonyl (C=O) groups excluding carboxylic acids is 1. The molecule has 0 bridgehead atoms. The minimum Gasteiger partial charge on any atom is -0.482 e. The molecule has 1 aromatic carbocycles. The largest absolute Gasteiger partial charge is 0.482 e. The number of hydrogen-bond acceptors (Lipinski definition) is 3. The summed E-state index contributed by atoms with van der Waals surface area (Å²) in [6.45, 7) is 4.19. The van der Waals surface area contributed by atoms with E-state index in [1.807, 2.05) is 24.3 Å². The zero-order valence-corrected chi connectivity index (χ0v) is 12.5. The van der Waals surface area contributed by atoms with Crippen LogP contribution < -0.4 is 4.74 Å². The van der Waals surface area contributed by atoms with Gasteiger partial charge in [0, 0.05) is 0 Å². The van der Waals surface area contributed by atoms with Crippen LogP contribution in [0.1, 0.15) is 51.5 Å². The Balaban J connectivity index is 1.82. The van der Waals surface area contributed by atoms with Crippen LogP contribution in [0.15, 0.2) is 24.3 Å². The highest BCUT2D eigenvalue weighted by atomic mass is 16.6. The third kappa shape index (κ3) is 3.75. The summed E-state index contributed by atoms with van der Waals surface area (Å²) < 4.78 is 11.1. The van der Waals surface area contributed by atoms with Gasteiger partial charge < -0.3 is 9.47 Å². The monoisotopic (exact) mass is 276 g/mol. The van der Waals surface area contributed by atoms with Gasteiger partial charge in [-0.1, -0.05) is 26.0 Å². The molecule has 0 N–H and O–H groups in total. The van der Waals surface area contributed by atoms with Gasteiger partial charge in [0.05, 0.1) is 0 Å². The number of aryl methyl sites for hydroxylation is 1. The van der Waals surface area contributed by atoms with Crippen molar-refractivity contribution in [3.05, 3.63) is 29.8 Å².